The largest absolute Gasteiger partial charge is 0.490 e. The summed E-state index contributed by atoms with van der Waals surface area (Å²) in [4.78, 5) is 0.168. The van der Waals surface area contributed by atoms with Gasteiger partial charge in [0, 0.05) is 10.7 Å². The van der Waals surface area contributed by atoms with Gasteiger partial charge in [0.2, 0.25) is 0 Å². The molecule has 0 heterocycles. The molecule has 1 aromatic carbocycles. The molecule has 0 radical (unpaired) electrons. The Hall–Kier alpha value is -0.740. The summed E-state index contributed by atoms with van der Waals surface area (Å²) in [7, 11) is 1.73. The maximum absolute atomic E-state index is 11.5. The average molecular weight is 317 g/mol. The van der Waals surface area contributed by atoms with E-state index >= 15 is 0 Å². The van der Waals surface area contributed by atoms with Gasteiger partial charge in [-0.3, -0.25) is 0 Å². The zero-order valence-corrected chi connectivity index (χ0v) is 13.7. The molecular formula is C15H21ClO3S. The summed E-state index contributed by atoms with van der Waals surface area (Å²) in [5, 5.41) is 0. The Bertz CT molecular complexity index is 595. The molecule has 0 aliphatic heterocycles. The molecule has 1 saturated carbocycles. The van der Waals surface area contributed by atoms with Crippen molar-refractivity contribution in [2.45, 2.75) is 57.5 Å². The number of ether oxygens (including phenoxy) is 1. The molecule has 5 heteroatoms. The highest BCUT2D eigenvalue weighted by Gasteiger charge is 2.22. The summed E-state index contributed by atoms with van der Waals surface area (Å²) in [6.45, 7) is 5.84. The molecule has 1 aromatic rings. The van der Waals surface area contributed by atoms with Gasteiger partial charge < -0.3 is 4.74 Å². The van der Waals surface area contributed by atoms with E-state index < -0.39 is 9.05 Å². The van der Waals surface area contributed by atoms with Crippen LogP contribution >= 0.6 is 10.7 Å². The van der Waals surface area contributed by atoms with Crippen molar-refractivity contribution in [3.63, 3.8) is 0 Å². The van der Waals surface area contributed by atoms with Crippen LogP contribution in [0.3, 0.4) is 0 Å². The fourth-order valence-electron chi connectivity index (χ4n) is 2.82. The molecule has 0 amide bonds. The van der Waals surface area contributed by atoms with E-state index in [0.717, 1.165) is 24.2 Å². The van der Waals surface area contributed by atoms with Crippen molar-refractivity contribution in [2.75, 3.05) is 0 Å². The number of rotatable bonds is 3. The summed E-state index contributed by atoms with van der Waals surface area (Å²) in [5.41, 5.74) is 1.44. The molecule has 112 valence electrons. The van der Waals surface area contributed by atoms with E-state index in [1.54, 1.807) is 19.1 Å². The first-order valence-corrected chi connectivity index (χ1v) is 9.31. The highest BCUT2D eigenvalue weighted by Crippen LogP contribution is 2.32. The van der Waals surface area contributed by atoms with Crippen LogP contribution in [-0.4, -0.2) is 14.5 Å². The van der Waals surface area contributed by atoms with Gasteiger partial charge in [0.25, 0.3) is 9.05 Å². The zero-order chi connectivity index (χ0) is 14.9. The van der Waals surface area contributed by atoms with E-state index in [0.29, 0.717) is 11.5 Å². The monoisotopic (exact) mass is 316 g/mol. The Balaban J connectivity index is 2.23. The lowest BCUT2D eigenvalue weighted by molar-refractivity contribution is 0.128. The molecule has 0 aromatic heterocycles. The van der Waals surface area contributed by atoms with Gasteiger partial charge in [-0.1, -0.05) is 13.3 Å². The van der Waals surface area contributed by atoms with Crippen molar-refractivity contribution < 1.29 is 13.2 Å². The molecule has 2 atom stereocenters. The molecule has 2 rings (SSSR count). The molecule has 20 heavy (non-hydrogen) atoms. The lowest BCUT2D eigenvalue weighted by atomic mass is 9.88. The van der Waals surface area contributed by atoms with Gasteiger partial charge in [-0.2, -0.15) is 0 Å². The van der Waals surface area contributed by atoms with Crippen LogP contribution in [0.2, 0.25) is 0 Å². The van der Waals surface area contributed by atoms with E-state index in [4.69, 9.17) is 15.4 Å². The summed E-state index contributed by atoms with van der Waals surface area (Å²) in [5.74, 6) is 1.46. The Kier molecular flexibility index (Phi) is 4.65. The van der Waals surface area contributed by atoms with Gasteiger partial charge in [0.1, 0.15) is 5.75 Å². The normalized spacial score (nSPS) is 23.6. The number of hydrogen-bond acceptors (Lipinski definition) is 3. The zero-order valence-electron chi connectivity index (χ0n) is 12.1. The molecular weight excluding hydrogens is 296 g/mol. The van der Waals surface area contributed by atoms with Crippen LogP contribution in [0.25, 0.3) is 0 Å². The smallest absolute Gasteiger partial charge is 0.261 e. The fourth-order valence-corrected chi connectivity index (χ4v) is 4.08. The van der Waals surface area contributed by atoms with Crippen LogP contribution in [0.1, 0.15) is 43.7 Å². The lowest BCUT2D eigenvalue weighted by Crippen LogP contribution is -2.24. The minimum absolute atomic E-state index is 0.168. The van der Waals surface area contributed by atoms with Gasteiger partial charge in [-0.15, -0.1) is 0 Å². The summed E-state index contributed by atoms with van der Waals surface area (Å²) < 4.78 is 29.0. The second kappa shape index (κ2) is 5.94. The third-order valence-corrected chi connectivity index (χ3v) is 5.38. The molecule has 3 nitrogen and oxygen atoms in total. The van der Waals surface area contributed by atoms with Crippen molar-refractivity contribution >= 4 is 19.7 Å². The second-order valence-electron chi connectivity index (χ2n) is 5.83. The minimum Gasteiger partial charge on any atom is -0.490 e. The van der Waals surface area contributed by atoms with Gasteiger partial charge in [-0.25, -0.2) is 8.42 Å². The van der Waals surface area contributed by atoms with Crippen LogP contribution < -0.4 is 4.74 Å². The summed E-state index contributed by atoms with van der Waals surface area (Å²) >= 11 is 0. The Morgan fingerprint density at radius 3 is 2.50 bits per heavy atom. The fraction of sp³-hybridized carbons (Fsp3) is 0.600. The molecule has 2 unspecified atom stereocenters. The maximum Gasteiger partial charge on any atom is 0.261 e. The topological polar surface area (TPSA) is 43.4 Å². The molecule has 1 fully saturated rings. The van der Waals surface area contributed by atoms with Crippen LogP contribution in [0, 0.1) is 19.8 Å². The number of halogens is 1. The molecule has 0 bridgehead atoms. The van der Waals surface area contributed by atoms with E-state index in [-0.39, 0.29) is 11.0 Å². The predicted octanol–water partition coefficient (Wildman–Crippen LogP) is 4.19. The second-order valence-corrected chi connectivity index (χ2v) is 8.37. The van der Waals surface area contributed by atoms with E-state index in [9.17, 15) is 8.42 Å². The van der Waals surface area contributed by atoms with Gasteiger partial charge in [0.05, 0.1) is 11.0 Å². The van der Waals surface area contributed by atoms with Crippen LogP contribution in [0.5, 0.6) is 5.75 Å². The number of hydrogen-bond donors (Lipinski definition) is 0. The summed E-state index contributed by atoms with van der Waals surface area (Å²) in [6.07, 6.45) is 4.82. The van der Waals surface area contributed by atoms with Gasteiger partial charge in [0.15, 0.2) is 0 Å². The third-order valence-electron chi connectivity index (χ3n) is 3.92. The summed E-state index contributed by atoms with van der Waals surface area (Å²) in [6, 6.07) is 3.38. The van der Waals surface area contributed by atoms with E-state index in [1.165, 1.54) is 12.8 Å². The first-order chi connectivity index (χ1) is 9.27. The van der Waals surface area contributed by atoms with E-state index in [2.05, 4.69) is 6.92 Å². The van der Waals surface area contributed by atoms with Gasteiger partial charge >= 0.3 is 0 Å². The Labute approximate surface area is 125 Å². The minimum atomic E-state index is -3.70. The highest BCUT2D eigenvalue weighted by atomic mass is 35.7. The van der Waals surface area contributed by atoms with Crippen LogP contribution in [-0.2, 0) is 9.05 Å². The van der Waals surface area contributed by atoms with Crippen LogP contribution in [0.4, 0.5) is 0 Å². The quantitative estimate of drug-likeness (QED) is 0.785. The maximum atomic E-state index is 11.5. The third kappa shape index (κ3) is 3.67. The average Bonchev–Trinajstić information content (AvgIpc) is 2.32. The standard InChI is InChI=1S/C15H21ClO3S/c1-10-5-4-6-13(7-10)19-14-8-12(3)15(9-11(14)2)20(16,17)18/h8-10,13H,4-7H2,1-3H3. The van der Waals surface area contributed by atoms with Crippen molar-refractivity contribution in [3.05, 3.63) is 23.3 Å². The SMILES string of the molecule is Cc1cc(S(=O)(=O)Cl)c(C)cc1OC1CCCC(C)C1. The lowest BCUT2D eigenvalue weighted by Gasteiger charge is -2.28. The number of aryl methyl sites for hydroxylation is 2. The van der Waals surface area contributed by atoms with Crippen molar-refractivity contribution in [1.82, 2.24) is 0 Å². The highest BCUT2D eigenvalue weighted by molar-refractivity contribution is 8.13. The molecule has 0 spiro atoms. The molecule has 0 N–H and O–H groups in total. The predicted molar refractivity (Wildman–Crippen MR) is 81.0 cm³/mol. The Morgan fingerprint density at radius 2 is 1.90 bits per heavy atom. The van der Waals surface area contributed by atoms with Gasteiger partial charge in [-0.05, 0) is 62.3 Å². The molecule has 1 aliphatic rings. The van der Waals surface area contributed by atoms with Crippen molar-refractivity contribution in [3.8, 4) is 5.75 Å². The molecule has 0 saturated heterocycles. The van der Waals surface area contributed by atoms with Crippen LogP contribution in [0.15, 0.2) is 17.0 Å². The Morgan fingerprint density at radius 1 is 1.20 bits per heavy atom. The molecule has 1 aliphatic carbocycles. The first kappa shape index (κ1) is 15.6. The first-order valence-electron chi connectivity index (χ1n) is 7.00. The van der Waals surface area contributed by atoms with E-state index in [1.807, 2.05) is 6.92 Å². The number of benzene rings is 1. The van der Waals surface area contributed by atoms with Crippen molar-refractivity contribution in [1.29, 1.82) is 0 Å². The van der Waals surface area contributed by atoms with Crippen molar-refractivity contribution in [2.24, 2.45) is 5.92 Å².